The van der Waals surface area contributed by atoms with Crippen LogP contribution in [0, 0.1) is 5.41 Å². The molecular weight excluding hydrogens is 272 g/mol. The number of aliphatic carboxylic acids is 1. The summed E-state index contributed by atoms with van der Waals surface area (Å²) in [5.74, 6) is -1.99. The summed E-state index contributed by atoms with van der Waals surface area (Å²) in [5.41, 5.74) is -1.33. The van der Waals surface area contributed by atoms with Crippen molar-refractivity contribution < 1.29 is 39.5 Å². The van der Waals surface area contributed by atoms with Crippen LogP contribution < -0.4 is 0 Å². The molecule has 0 saturated carbocycles. The van der Waals surface area contributed by atoms with Gasteiger partial charge in [0, 0.05) is 11.0 Å². The van der Waals surface area contributed by atoms with E-state index >= 15 is 0 Å². The molecule has 1 aliphatic rings. The summed E-state index contributed by atoms with van der Waals surface area (Å²) in [6.45, 7) is 1.81. The van der Waals surface area contributed by atoms with Crippen LogP contribution in [0.3, 0.4) is 0 Å². The Hall–Kier alpha value is -1.77. The van der Waals surface area contributed by atoms with Crippen molar-refractivity contribution in [2.75, 3.05) is 19.8 Å². The quantitative estimate of drug-likeness (QED) is 0.272. The van der Waals surface area contributed by atoms with Crippen molar-refractivity contribution >= 4 is 17.9 Å². The first-order chi connectivity index (χ1) is 9.30. The van der Waals surface area contributed by atoms with Crippen molar-refractivity contribution in [3.63, 3.8) is 0 Å². The molecule has 1 aliphatic heterocycles. The summed E-state index contributed by atoms with van der Waals surface area (Å²) >= 11 is 0. The van der Waals surface area contributed by atoms with E-state index in [1.807, 2.05) is 0 Å². The first-order valence-corrected chi connectivity index (χ1v) is 5.77. The summed E-state index contributed by atoms with van der Waals surface area (Å²) in [4.78, 5) is 30.4. The van der Waals surface area contributed by atoms with Crippen molar-refractivity contribution in [2.45, 2.75) is 19.3 Å². The van der Waals surface area contributed by atoms with Gasteiger partial charge in [-0.25, -0.2) is 4.79 Å². The molecule has 114 valence electrons. The monoisotopic (exact) mass is 290 g/mol. The predicted octanol–water partition coefficient (Wildman–Crippen LogP) is -1.17. The molecule has 0 amide bonds. The average Bonchev–Trinajstić information content (AvgIpc) is 2.80. The number of hydrogen-bond donors (Lipinski definition) is 4. The van der Waals surface area contributed by atoms with Crippen LogP contribution in [0.4, 0.5) is 0 Å². The summed E-state index contributed by atoms with van der Waals surface area (Å²) in [5, 5.41) is 35.0. The van der Waals surface area contributed by atoms with Gasteiger partial charge in [-0.05, 0) is 6.42 Å². The fourth-order valence-corrected chi connectivity index (χ4v) is 1.28. The van der Waals surface area contributed by atoms with E-state index in [-0.39, 0.29) is 24.8 Å². The number of ether oxygens (including phenoxy) is 1. The number of carboxylic acids is 1. The van der Waals surface area contributed by atoms with Crippen molar-refractivity contribution in [3.05, 3.63) is 12.2 Å². The first kappa shape index (κ1) is 18.2. The van der Waals surface area contributed by atoms with Crippen molar-refractivity contribution in [1.82, 2.24) is 0 Å². The highest BCUT2D eigenvalue weighted by Crippen LogP contribution is 2.24. The Labute approximate surface area is 115 Å². The molecule has 0 aromatic heterocycles. The van der Waals surface area contributed by atoms with Crippen LogP contribution in [0.2, 0.25) is 0 Å². The second-order valence-corrected chi connectivity index (χ2v) is 4.41. The van der Waals surface area contributed by atoms with Gasteiger partial charge in [0.15, 0.2) is 0 Å². The number of aliphatic hydroxyl groups is 3. The molecule has 0 aromatic rings. The average molecular weight is 290 g/mol. The van der Waals surface area contributed by atoms with Gasteiger partial charge in [-0.2, -0.15) is 0 Å². The molecule has 1 heterocycles. The van der Waals surface area contributed by atoms with Gasteiger partial charge in [0.2, 0.25) is 0 Å². The zero-order valence-electron chi connectivity index (χ0n) is 10.9. The van der Waals surface area contributed by atoms with Gasteiger partial charge in [0.1, 0.15) is 0 Å². The fraction of sp³-hybridized carbons (Fsp3) is 0.583. The van der Waals surface area contributed by atoms with E-state index in [1.54, 1.807) is 0 Å². The van der Waals surface area contributed by atoms with Crippen LogP contribution in [0.25, 0.3) is 0 Å². The lowest BCUT2D eigenvalue weighted by Crippen LogP contribution is -2.35. The summed E-state index contributed by atoms with van der Waals surface area (Å²) < 4.78 is 4.08. The van der Waals surface area contributed by atoms with Gasteiger partial charge >= 0.3 is 17.9 Å². The Balaban J connectivity index is 0.000000428. The van der Waals surface area contributed by atoms with Crippen LogP contribution in [-0.4, -0.2) is 58.2 Å². The topological polar surface area (TPSA) is 141 Å². The third-order valence-electron chi connectivity index (χ3n) is 2.66. The van der Waals surface area contributed by atoms with Gasteiger partial charge in [0.05, 0.1) is 32.7 Å². The fourth-order valence-electron chi connectivity index (χ4n) is 1.28. The molecule has 1 rings (SSSR count). The molecule has 0 spiro atoms. The second-order valence-electron chi connectivity index (χ2n) is 4.41. The Morgan fingerprint density at radius 2 is 1.50 bits per heavy atom. The van der Waals surface area contributed by atoms with E-state index < -0.39 is 43.1 Å². The Morgan fingerprint density at radius 3 is 1.70 bits per heavy atom. The van der Waals surface area contributed by atoms with Gasteiger partial charge in [0.25, 0.3) is 0 Å². The van der Waals surface area contributed by atoms with Gasteiger partial charge in [-0.15, -0.1) is 0 Å². The number of rotatable bonds is 6. The number of carbonyl (C=O) groups is 3. The van der Waals surface area contributed by atoms with E-state index in [0.29, 0.717) is 0 Å². The number of cyclic esters (lactones) is 2. The standard InChI is InChI=1S/C8H14O5.C4H4O3/c1-6(7(12)13)2-8(3-9,4-10)5-11;5-3-1-2-4(6)7-3/h9-11H,1-5H2,(H,12,13);1-2H2. The van der Waals surface area contributed by atoms with E-state index in [2.05, 4.69) is 11.3 Å². The van der Waals surface area contributed by atoms with Crippen LogP contribution >= 0.6 is 0 Å². The minimum atomic E-state index is -1.19. The zero-order valence-corrected chi connectivity index (χ0v) is 10.9. The van der Waals surface area contributed by atoms with Crippen molar-refractivity contribution in [1.29, 1.82) is 0 Å². The summed E-state index contributed by atoms with van der Waals surface area (Å²) in [6, 6.07) is 0. The lowest BCUT2D eigenvalue weighted by Gasteiger charge is -2.26. The largest absolute Gasteiger partial charge is 0.478 e. The van der Waals surface area contributed by atoms with E-state index in [4.69, 9.17) is 20.4 Å². The maximum absolute atomic E-state index is 10.4. The number of aliphatic hydroxyl groups excluding tert-OH is 3. The normalized spacial score (nSPS) is 14.3. The number of carbonyl (C=O) groups excluding carboxylic acids is 2. The smallest absolute Gasteiger partial charge is 0.330 e. The van der Waals surface area contributed by atoms with E-state index in [0.717, 1.165) is 0 Å². The molecule has 8 heteroatoms. The van der Waals surface area contributed by atoms with Crippen LogP contribution in [0.15, 0.2) is 12.2 Å². The molecule has 0 unspecified atom stereocenters. The summed E-state index contributed by atoms with van der Waals surface area (Å²) in [7, 11) is 0. The lowest BCUT2D eigenvalue weighted by molar-refractivity contribution is -0.152. The highest BCUT2D eigenvalue weighted by atomic mass is 16.6. The molecule has 8 nitrogen and oxygen atoms in total. The van der Waals surface area contributed by atoms with Crippen molar-refractivity contribution in [2.24, 2.45) is 5.41 Å². The molecule has 0 aliphatic carbocycles. The molecule has 20 heavy (non-hydrogen) atoms. The molecule has 0 radical (unpaired) electrons. The van der Waals surface area contributed by atoms with Gasteiger partial charge in [-0.1, -0.05) is 6.58 Å². The van der Waals surface area contributed by atoms with Crippen molar-refractivity contribution in [3.8, 4) is 0 Å². The van der Waals surface area contributed by atoms with Crippen LogP contribution in [0.5, 0.6) is 0 Å². The maximum Gasteiger partial charge on any atom is 0.330 e. The molecule has 1 saturated heterocycles. The predicted molar refractivity (Wildman–Crippen MR) is 65.4 cm³/mol. The second kappa shape index (κ2) is 8.41. The minimum absolute atomic E-state index is 0.133. The molecule has 0 atom stereocenters. The first-order valence-electron chi connectivity index (χ1n) is 5.77. The molecule has 0 bridgehead atoms. The molecular formula is C12H18O8. The minimum Gasteiger partial charge on any atom is -0.478 e. The Kier molecular flexibility index (Phi) is 7.67. The number of carboxylic acid groups (broad SMARTS) is 1. The van der Waals surface area contributed by atoms with Crippen LogP contribution in [-0.2, 0) is 19.1 Å². The maximum atomic E-state index is 10.4. The molecule has 1 fully saturated rings. The third-order valence-corrected chi connectivity index (χ3v) is 2.66. The number of esters is 2. The number of hydrogen-bond acceptors (Lipinski definition) is 7. The van der Waals surface area contributed by atoms with Crippen LogP contribution in [0.1, 0.15) is 19.3 Å². The third kappa shape index (κ3) is 5.91. The SMILES string of the molecule is C=C(CC(CO)(CO)CO)C(=O)O.O=C1CCC(=O)O1. The highest BCUT2D eigenvalue weighted by molar-refractivity contribution is 5.92. The van der Waals surface area contributed by atoms with Gasteiger partial charge in [-0.3, -0.25) is 9.59 Å². The van der Waals surface area contributed by atoms with E-state index in [1.165, 1.54) is 0 Å². The van der Waals surface area contributed by atoms with Gasteiger partial charge < -0.3 is 25.2 Å². The van der Waals surface area contributed by atoms with E-state index in [9.17, 15) is 14.4 Å². The lowest BCUT2D eigenvalue weighted by atomic mass is 9.84. The zero-order chi connectivity index (χ0) is 15.8. The molecule has 4 N–H and O–H groups in total. The highest BCUT2D eigenvalue weighted by Gasteiger charge is 2.30. The molecule has 0 aromatic carbocycles. The summed E-state index contributed by atoms with van der Waals surface area (Å²) in [6.07, 6.45) is 0.392. The Morgan fingerprint density at radius 1 is 1.10 bits per heavy atom. The Bertz CT molecular complexity index is 361.